The number of nitriles is 1. The SMILES string of the molecule is N#Cc1c(NCc2cccnc2)cc[nH]c1=O. The van der Waals surface area contributed by atoms with Crippen LogP contribution in [0.1, 0.15) is 11.1 Å². The van der Waals surface area contributed by atoms with Crippen molar-refractivity contribution in [3.63, 3.8) is 0 Å². The van der Waals surface area contributed by atoms with Crippen LogP contribution in [0.5, 0.6) is 0 Å². The van der Waals surface area contributed by atoms with Crippen molar-refractivity contribution in [2.75, 3.05) is 5.32 Å². The van der Waals surface area contributed by atoms with Gasteiger partial charge in [0.1, 0.15) is 11.6 Å². The van der Waals surface area contributed by atoms with Crippen molar-refractivity contribution in [3.8, 4) is 6.07 Å². The minimum Gasteiger partial charge on any atom is -0.380 e. The number of pyridine rings is 2. The lowest BCUT2D eigenvalue weighted by atomic mass is 10.2. The Morgan fingerprint density at radius 2 is 2.35 bits per heavy atom. The fraction of sp³-hybridized carbons (Fsp3) is 0.0833. The monoisotopic (exact) mass is 226 g/mol. The number of rotatable bonds is 3. The first-order valence-corrected chi connectivity index (χ1v) is 5.06. The molecule has 0 saturated carbocycles. The fourth-order valence-electron chi connectivity index (χ4n) is 1.44. The first-order valence-electron chi connectivity index (χ1n) is 5.06. The summed E-state index contributed by atoms with van der Waals surface area (Å²) in [5.74, 6) is 0. The summed E-state index contributed by atoms with van der Waals surface area (Å²) in [4.78, 5) is 17.8. The van der Waals surface area contributed by atoms with Crippen molar-refractivity contribution in [2.24, 2.45) is 0 Å². The molecule has 0 atom stereocenters. The molecule has 0 unspecified atom stereocenters. The van der Waals surface area contributed by atoms with Crippen molar-refractivity contribution < 1.29 is 0 Å². The normalized spacial score (nSPS) is 9.59. The second-order valence-corrected chi connectivity index (χ2v) is 3.42. The van der Waals surface area contributed by atoms with Gasteiger partial charge in [-0.1, -0.05) is 6.07 Å². The van der Waals surface area contributed by atoms with Gasteiger partial charge in [-0.05, 0) is 17.7 Å². The molecule has 0 radical (unpaired) electrons. The molecule has 17 heavy (non-hydrogen) atoms. The van der Waals surface area contributed by atoms with E-state index >= 15 is 0 Å². The van der Waals surface area contributed by atoms with Crippen molar-refractivity contribution in [1.82, 2.24) is 9.97 Å². The summed E-state index contributed by atoms with van der Waals surface area (Å²) >= 11 is 0. The summed E-state index contributed by atoms with van der Waals surface area (Å²) in [7, 11) is 0. The summed E-state index contributed by atoms with van der Waals surface area (Å²) in [5.41, 5.74) is 1.22. The molecule has 84 valence electrons. The molecular formula is C12H10N4O. The zero-order valence-electron chi connectivity index (χ0n) is 8.97. The standard InChI is InChI=1S/C12H10N4O/c13-6-10-11(3-5-15-12(10)17)16-8-9-2-1-4-14-7-9/h1-5,7H,8H2,(H2,15,16,17). The second kappa shape index (κ2) is 4.94. The summed E-state index contributed by atoms with van der Waals surface area (Å²) in [6, 6.07) is 7.29. The van der Waals surface area contributed by atoms with Gasteiger partial charge in [-0.15, -0.1) is 0 Å². The molecule has 0 spiro atoms. The van der Waals surface area contributed by atoms with Crippen LogP contribution in [0.3, 0.4) is 0 Å². The highest BCUT2D eigenvalue weighted by Crippen LogP contribution is 2.10. The molecule has 2 aromatic rings. The molecule has 5 heteroatoms. The van der Waals surface area contributed by atoms with Crippen LogP contribution in [0.25, 0.3) is 0 Å². The zero-order chi connectivity index (χ0) is 12.1. The van der Waals surface area contributed by atoms with Gasteiger partial charge in [-0.3, -0.25) is 9.78 Å². The first-order chi connectivity index (χ1) is 8.31. The second-order valence-electron chi connectivity index (χ2n) is 3.42. The van der Waals surface area contributed by atoms with Crippen molar-refractivity contribution in [3.05, 3.63) is 58.3 Å². The molecule has 0 amide bonds. The van der Waals surface area contributed by atoms with E-state index in [2.05, 4.69) is 15.3 Å². The van der Waals surface area contributed by atoms with Gasteiger partial charge in [0.2, 0.25) is 0 Å². The van der Waals surface area contributed by atoms with E-state index in [4.69, 9.17) is 5.26 Å². The van der Waals surface area contributed by atoms with Gasteiger partial charge in [-0.25, -0.2) is 0 Å². The Bertz CT molecular complexity index is 598. The smallest absolute Gasteiger partial charge is 0.267 e. The molecule has 2 N–H and O–H groups in total. The number of nitrogens with zero attached hydrogens (tertiary/aromatic N) is 2. The molecule has 0 saturated heterocycles. The lowest BCUT2D eigenvalue weighted by Gasteiger charge is -2.06. The van der Waals surface area contributed by atoms with Crippen LogP contribution in [-0.2, 0) is 6.54 Å². The summed E-state index contributed by atoms with van der Waals surface area (Å²) in [5, 5.41) is 11.9. The summed E-state index contributed by atoms with van der Waals surface area (Å²) < 4.78 is 0. The highest BCUT2D eigenvalue weighted by Gasteiger charge is 2.05. The van der Waals surface area contributed by atoms with E-state index in [1.54, 1.807) is 18.5 Å². The first kappa shape index (κ1) is 10.9. The number of anilines is 1. The predicted molar refractivity (Wildman–Crippen MR) is 63.3 cm³/mol. The van der Waals surface area contributed by atoms with E-state index in [1.807, 2.05) is 18.2 Å². The Labute approximate surface area is 97.8 Å². The molecule has 0 fully saturated rings. The number of H-pyrrole nitrogens is 1. The highest BCUT2D eigenvalue weighted by molar-refractivity contribution is 5.55. The highest BCUT2D eigenvalue weighted by atomic mass is 16.1. The Morgan fingerprint density at radius 1 is 1.47 bits per heavy atom. The van der Waals surface area contributed by atoms with Crippen LogP contribution in [-0.4, -0.2) is 9.97 Å². The predicted octanol–water partition coefficient (Wildman–Crippen LogP) is 1.25. The molecule has 0 aliphatic heterocycles. The maximum absolute atomic E-state index is 11.4. The minimum absolute atomic E-state index is 0.0939. The maximum Gasteiger partial charge on any atom is 0.267 e. The van der Waals surface area contributed by atoms with E-state index < -0.39 is 0 Å². The molecule has 2 rings (SSSR count). The van der Waals surface area contributed by atoms with Crippen LogP contribution >= 0.6 is 0 Å². The van der Waals surface area contributed by atoms with Gasteiger partial charge >= 0.3 is 0 Å². The minimum atomic E-state index is -0.385. The quantitative estimate of drug-likeness (QED) is 0.825. The number of nitrogens with one attached hydrogen (secondary N) is 2. The van der Waals surface area contributed by atoms with E-state index in [9.17, 15) is 4.79 Å². The van der Waals surface area contributed by atoms with Crippen LogP contribution in [0, 0.1) is 11.3 Å². The lowest BCUT2D eigenvalue weighted by molar-refractivity contribution is 1.10. The topological polar surface area (TPSA) is 81.6 Å². The molecule has 2 heterocycles. The average Bonchev–Trinajstić information content (AvgIpc) is 2.37. The number of hydrogen-bond acceptors (Lipinski definition) is 4. The third kappa shape index (κ3) is 2.49. The zero-order valence-corrected chi connectivity index (χ0v) is 8.97. The van der Waals surface area contributed by atoms with Gasteiger partial charge in [0, 0.05) is 25.1 Å². The van der Waals surface area contributed by atoms with E-state index in [0.29, 0.717) is 12.2 Å². The molecule has 0 aliphatic rings. The third-order valence-corrected chi connectivity index (χ3v) is 2.28. The lowest BCUT2D eigenvalue weighted by Crippen LogP contribution is -2.13. The molecule has 0 aromatic carbocycles. The largest absolute Gasteiger partial charge is 0.380 e. The van der Waals surface area contributed by atoms with Crippen molar-refractivity contribution >= 4 is 5.69 Å². The Kier molecular flexibility index (Phi) is 3.17. The molecule has 5 nitrogen and oxygen atoms in total. The molecular weight excluding hydrogens is 216 g/mol. The molecule has 2 aromatic heterocycles. The Morgan fingerprint density at radius 3 is 3.06 bits per heavy atom. The van der Waals surface area contributed by atoms with Crippen LogP contribution in [0.4, 0.5) is 5.69 Å². The van der Waals surface area contributed by atoms with E-state index in [0.717, 1.165) is 5.56 Å². The van der Waals surface area contributed by atoms with Crippen molar-refractivity contribution in [2.45, 2.75) is 6.54 Å². The van der Waals surface area contributed by atoms with Gasteiger partial charge in [0.05, 0.1) is 5.69 Å². The number of aromatic nitrogens is 2. The summed E-state index contributed by atoms with van der Waals surface area (Å²) in [6.07, 6.45) is 4.93. The van der Waals surface area contributed by atoms with E-state index in [-0.39, 0.29) is 11.1 Å². The maximum atomic E-state index is 11.4. The van der Waals surface area contributed by atoms with Gasteiger partial charge in [-0.2, -0.15) is 5.26 Å². The number of hydrogen-bond donors (Lipinski definition) is 2. The number of aromatic amines is 1. The Hall–Kier alpha value is -2.61. The van der Waals surface area contributed by atoms with Gasteiger partial charge in [0.25, 0.3) is 5.56 Å². The van der Waals surface area contributed by atoms with Crippen LogP contribution < -0.4 is 10.9 Å². The van der Waals surface area contributed by atoms with Crippen LogP contribution in [0.2, 0.25) is 0 Å². The van der Waals surface area contributed by atoms with Crippen LogP contribution in [0.15, 0.2) is 41.6 Å². The fourth-order valence-corrected chi connectivity index (χ4v) is 1.44. The summed E-state index contributed by atoms with van der Waals surface area (Å²) in [6.45, 7) is 0.520. The van der Waals surface area contributed by atoms with Gasteiger partial charge < -0.3 is 10.3 Å². The average molecular weight is 226 g/mol. The van der Waals surface area contributed by atoms with Gasteiger partial charge in [0.15, 0.2) is 0 Å². The molecule has 0 aliphatic carbocycles. The Balaban J connectivity index is 2.18. The van der Waals surface area contributed by atoms with E-state index in [1.165, 1.54) is 6.20 Å². The van der Waals surface area contributed by atoms with Crippen molar-refractivity contribution in [1.29, 1.82) is 5.26 Å². The molecule has 0 bridgehead atoms. The third-order valence-electron chi connectivity index (χ3n) is 2.28.